The van der Waals surface area contributed by atoms with Gasteiger partial charge in [0.15, 0.2) is 0 Å². The third-order valence-electron chi connectivity index (χ3n) is 2.53. The molecular formula is C16H20N2OSi. The van der Waals surface area contributed by atoms with Crippen LogP contribution in [0.4, 0.5) is 5.69 Å². The van der Waals surface area contributed by atoms with Gasteiger partial charge in [-0.25, -0.2) is 0 Å². The molecule has 0 amide bonds. The first-order valence-electron chi connectivity index (χ1n) is 6.70. The molecule has 4 heteroatoms. The number of aliphatic imine (C=N–C) groups is 1. The second kappa shape index (κ2) is 6.01. The van der Waals surface area contributed by atoms with Crippen molar-refractivity contribution < 1.29 is 4.43 Å². The molecule has 0 saturated heterocycles. The predicted molar refractivity (Wildman–Crippen MR) is 86.6 cm³/mol. The minimum atomic E-state index is -1.64. The number of aryl methyl sites for hydroxylation is 1. The Morgan fingerprint density at radius 1 is 1.05 bits per heavy atom. The van der Waals surface area contributed by atoms with E-state index in [0.717, 1.165) is 22.8 Å². The average molecular weight is 284 g/mol. The van der Waals surface area contributed by atoms with Gasteiger partial charge in [-0.05, 0) is 50.8 Å². The molecule has 0 atom stereocenters. The Morgan fingerprint density at radius 3 is 2.50 bits per heavy atom. The van der Waals surface area contributed by atoms with Crippen LogP contribution in [-0.2, 0) is 0 Å². The molecule has 20 heavy (non-hydrogen) atoms. The van der Waals surface area contributed by atoms with Gasteiger partial charge in [-0.3, -0.25) is 9.98 Å². The minimum absolute atomic E-state index is 0.843. The van der Waals surface area contributed by atoms with Gasteiger partial charge in [-0.1, -0.05) is 18.2 Å². The summed E-state index contributed by atoms with van der Waals surface area (Å²) in [6.07, 6.45) is 1.78. The van der Waals surface area contributed by atoms with E-state index < -0.39 is 8.32 Å². The van der Waals surface area contributed by atoms with Crippen molar-refractivity contribution in [2.75, 3.05) is 0 Å². The zero-order valence-electron chi connectivity index (χ0n) is 12.4. The summed E-state index contributed by atoms with van der Waals surface area (Å²) < 4.78 is 6.05. The quantitative estimate of drug-likeness (QED) is 0.618. The van der Waals surface area contributed by atoms with Crippen molar-refractivity contribution in [1.29, 1.82) is 0 Å². The Labute approximate surface area is 121 Å². The Balaban J connectivity index is 2.25. The van der Waals surface area contributed by atoms with Gasteiger partial charge in [0.2, 0.25) is 8.32 Å². The van der Waals surface area contributed by atoms with Crippen LogP contribution in [0.25, 0.3) is 0 Å². The molecule has 0 fully saturated rings. The fourth-order valence-corrected chi connectivity index (χ4v) is 2.58. The lowest BCUT2D eigenvalue weighted by Crippen LogP contribution is -2.29. The fourth-order valence-electron chi connectivity index (χ4n) is 1.75. The maximum atomic E-state index is 6.05. The van der Waals surface area contributed by atoms with E-state index >= 15 is 0 Å². The van der Waals surface area contributed by atoms with Gasteiger partial charge < -0.3 is 4.43 Å². The number of hydrogen-bond acceptors (Lipinski definition) is 3. The van der Waals surface area contributed by atoms with Crippen molar-refractivity contribution in [2.45, 2.75) is 26.6 Å². The van der Waals surface area contributed by atoms with Crippen molar-refractivity contribution >= 4 is 20.2 Å². The van der Waals surface area contributed by atoms with Gasteiger partial charge in [0.25, 0.3) is 0 Å². The van der Waals surface area contributed by atoms with Gasteiger partial charge in [-0.2, -0.15) is 0 Å². The highest BCUT2D eigenvalue weighted by Crippen LogP contribution is 2.29. The van der Waals surface area contributed by atoms with Crippen LogP contribution in [0, 0.1) is 6.92 Å². The number of pyridine rings is 1. The molecule has 0 spiro atoms. The second-order valence-electron chi connectivity index (χ2n) is 5.64. The van der Waals surface area contributed by atoms with Crippen molar-refractivity contribution in [3.8, 4) is 5.75 Å². The van der Waals surface area contributed by atoms with Crippen LogP contribution >= 0.6 is 0 Å². The second-order valence-corrected chi connectivity index (χ2v) is 10.1. The number of rotatable bonds is 4. The van der Waals surface area contributed by atoms with Gasteiger partial charge in [0, 0.05) is 5.69 Å². The molecule has 104 valence electrons. The average Bonchev–Trinajstić information content (AvgIpc) is 2.36. The predicted octanol–water partition coefficient (Wildman–Crippen LogP) is 4.35. The molecule has 0 aliphatic rings. The smallest absolute Gasteiger partial charge is 0.242 e. The normalized spacial score (nSPS) is 11.8. The number of hydrogen-bond donors (Lipinski definition) is 0. The summed E-state index contributed by atoms with van der Waals surface area (Å²) in [6.45, 7) is 8.46. The Bertz CT molecular complexity index is 618. The Morgan fingerprint density at radius 2 is 1.80 bits per heavy atom. The van der Waals surface area contributed by atoms with Gasteiger partial charge in [0.1, 0.15) is 11.4 Å². The van der Waals surface area contributed by atoms with Crippen LogP contribution in [0.15, 0.2) is 47.5 Å². The van der Waals surface area contributed by atoms with E-state index in [4.69, 9.17) is 4.43 Å². The molecule has 1 aromatic heterocycles. The molecule has 0 saturated carbocycles. The summed E-state index contributed by atoms with van der Waals surface area (Å²) in [7, 11) is -1.64. The molecule has 0 N–H and O–H groups in total. The van der Waals surface area contributed by atoms with Crippen LogP contribution in [0.3, 0.4) is 0 Å². The molecule has 1 heterocycles. The first-order valence-corrected chi connectivity index (χ1v) is 10.1. The topological polar surface area (TPSA) is 34.5 Å². The minimum Gasteiger partial charge on any atom is -0.543 e. The van der Waals surface area contributed by atoms with Crippen LogP contribution in [0.1, 0.15) is 11.4 Å². The molecule has 0 unspecified atom stereocenters. The van der Waals surface area contributed by atoms with Gasteiger partial charge in [0.05, 0.1) is 11.9 Å². The fraction of sp³-hybridized carbons (Fsp3) is 0.250. The van der Waals surface area contributed by atoms with Crippen molar-refractivity contribution in [3.63, 3.8) is 0 Å². The van der Waals surface area contributed by atoms with E-state index in [1.165, 1.54) is 0 Å². The molecule has 3 nitrogen and oxygen atoms in total. The van der Waals surface area contributed by atoms with E-state index in [9.17, 15) is 0 Å². The van der Waals surface area contributed by atoms with Crippen molar-refractivity contribution in [2.24, 2.45) is 4.99 Å². The lowest BCUT2D eigenvalue weighted by Gasteiger charge is -2.20. The summed E-state index contributed by atoms with van der Waals surface area (Å²) in [5.41, 5.74) is 2.69. The maximum absolute atomic E-state index is 6.05. The maximum Gasteiger partial charge on any atom is 0.242 e. The molecular weight excluding hydrogens is 264 g/mol. The number of benzene rings is 1. The lowest BCUT2D eigenvalue weighted by molar-refractivity contribution is 0.559. The van der Waals surface area contributed by atoms with E-state index in [2.05, 4.69) is 29.6 Å². The summed E-state index contributed by atoms with van der Waals surface area (Å²) in [4.78, 5) is 8.92. The third-order valence-corrected chi connectivity index (χ3v) is 3.36. The molecule has 0 aliphatic heterocycles. The lowest BCUT2D eigenvalue weighted by atomic mass is 10.3. The van der Waals surface area contributed by atoms with Crippen LogP contribution in [0.5, 0.6) is 5.75 Å². The summed E-state index contributed by atoms with van der Waals surface area (Å²) in [5, 5.41) is 0. The first-order chi connectivity index (χ1) is 9.44. The SMILES string of the molecule is Cc1cccc(/C=N/c2ccccc2O[Si](C)(C)C)n1. The third kappa shape index (κ3) is 4.31. The van der Waals surface area contributed by atoms with E-state index in [1.807, 2.05) is 49.4 Å². The molecule has 0 bridgehead atoms. The van der Waals surface area contributed by atoms with Crippen LogP contribution < -0.4 is 4.43 Å². The van der Waals surface area contributed by atoms with Crippen molar-refractivity contribution in [1.82, 2.24) is 4.98 Å². The van der Waals surface area contributed by atoms with E-state index in [-0.39, 0.29) is 0 Å². The largest absolute Gasteiger partial charge is 0.543 e. The zero-order valence-corrected chi connectivity index (χ0v) is 13.4. The zero-order chi connectivity index (χ0) is 14.6. The number of aromatic nitrogens is 1. The summed E-state index contributed by atoms with van der Waals surface area (Å²) >= 11 is 0. The molecule has 0 aliphatic carbocycles. The molecule has 0 radical (unpaired) electrons. The van der Waals surface area contributed by atoms with Gasteiger partial charge in [-0.15, -0.1) is 0 Å². The number of nitrogens with zero attached hydrogens (tertiary/aromatic N) is 2. The Kier molecular flexibility index (Phi) is 4.34. The first kappa shape index (κ1) is 14.5. The van der Waals surface area contributed by atoms with E-state index in [0.29, 0.717) is 0 Å². The van der Waals surface area contributed by atoms with Crippen molar-refractivity contribution in [3.05, 3.63) is 53.9 Å². The van der Waals surface area contributed by atoms with Crippen LogP contribution in [0.2, 0.25) is 19.6 Å². The summed E-state index contributed by atoms with van der Waals surface area (Å²) in [6, 6.07) is 13.8. The standard InChI is InChI=1S/C16H20N2OSi/c1-13-8-7-9-14(18-13)12-17-15-10-5-6-11-16(15)19-20(2,3)4/h5-12H,1-4H3/b17-12+. The number of para-hydroxylation sites is 2. The van der Waals surface area contributed by atoms with Crippen LogP contribution in [-0.4, -0.2) is 19.5 Å². The monoisotopic (exact) mass is 284 g/mol. The van der Waals surface area contributed by atoms with Gasteiger partial charge >= 0.3 is 0 Å². The van der Waals surface area contributed by atoms with E-state index in [1.54, 1.807) is 6.21 Å². The highest BCUT2D eigenvalue weighted by atomic mass is 28.4. The molecule has 1 aromatic carbocycles. The molecule has 2 rings (SSSR count). The highest BCUT2D eigenvalue weighted by molar-refractivity contribution is 6.70. The summed E-state index contributed by atoms with van der Waals surface area (Å²) in [5.74, 6) is 0.843. The molecule has 2 aromatic rings. The highest BCUT2D eigenvalue weighted by Gasteiger charge is 2.17. The Hall–Kier alpha value is -1.94.